The van der Waals surface area contributed by atoms with E-state index in [1.54, 1.807) is 48.6 Å². The van der Waals surface area contributed by atoms with Crippen LogP contribution in [-0.4, -0.2) is 145 Å². The molecule has 0 saturated carbocycles. The monoisotopic (exact) mass is 768 g/mol. The first-order valence-corrected chi connectivity index (χ1v) is 18.7. The second kappa shape index (κ2) is 23.0. The standard InChI is InChI=1S/C38H69N7O9/c1-16-18-19-24(7)32(48)31(45(15)37(53)30(39-11)23(5)6)35(51)41-26(17-2)36(52)43(13)21-28(47)44(14)27(20-38(9,10)54-25(8)46)33(49)42-29(22(3)4)34(50)40-12/h16,18,22-24,26-27,29-32,39,48H,17,19-21H2,1-15H3,(H,40,50)(H,41,51)(H,42,49)/b18-16+/t24-,26+,27+,29+,30+,31?,32-/m1/s1. The summed E-state index contributed by atoms with van der Waals surface area (Å²) in [6.07, 6.45) is 2.84. The molecule has 1 unspecified atom stereocenters. The Bertz CT molecular complexity index is 1320. The number of aliphatic hydroxyl groups is 1. The molecule has 0 saturated heterocycles. The minimum Gasteiger partial charge on any atom is -0.460 e. The second-order valence-corrected chi connectivity index (χ2v) is 15.3. The Balaban J connectivity index is 6.42. The van der Waals surface area contributed by atoms with Gasteiger partial charge in [0.1, 0.15) is 29.8 Å². The highest BCUT2D eigenvalue weighted by atomic mass is 16.6. The van der Waals surface area contributed by atoms with E-state index < -0.39 is 95.8 Å². The van der Waals surface area contributed by atoms with Crippen molar-refractivity contribution in [2.24, 2.45) is 17.8 Å². The summed E-state index contributed by atoms with van der Waals surface area (Å²) in [6, 6.07) is -5.23. The number of amides is 6. The SMILES string of the molecule is C/C=C/C[C@@H](C)[C@@H](O)C(C(=O)N[C@@H](CC)C(=O)N(C)CC(=O)N(C)[C@@H](CC(C)(C)OC(C)=O)C(=O)N[C@H](C(=O)NC)C(C)C)N(C)C(=O)[C@@H](NC)C(C)C. The molecular weight excluding hydrogens is 698 g/mol. The van der Waals surface area contributed by atoms with E-state index >= 15 is 0 Å². The first kappa shape index (κ1) is 49.9. The Labute approximate surface area is 322 Å². The number of aliphatic hydroxyl groups excluding tert-OH is 1. The van der Waals surface area contributed by atoms with Crippen molar-refractivity contribution in [3.8, 4) is 0 Å². The highest BCUT2D eigenvalue weighted by Gasteiger charge is 2.41. The van der Waals surface area contributed by atoms with Crippen LogP contribution in [-0.2, 0) is 38.3 Å². The lowest BCUT2D eigenvalue weighted by molar-refractivity contribution is -0.158. The molecule has 0 bridgehead atoms. The number of hydrogen-bond donors (Lipinski definition) is 5. The highest BCUT2D eigenvalue weighted by molar-refractivity contribution is 5.96. The van der Waals surface area contributed by atoms with Crippen molar-refractivity contribution in [3.63, 3.8) is 0 Å². The van der Waals surface area contributed by atoms with Crippen LogP contribution < -0.4 is 21.3 Å². The van der Waals surface area contributed by atoms with E-state index in [-0.39, 0.29) is 24.7 Å². The van der Waals surface area contributed by atoms with Crippen LogP contribution in [0.3, 0.4) is 0 Å². The molecule has 0 aliphatic heterocycles. The summed E-state index contributed by atoms with van der Waals surface area (Å²) in [6.45, 7) is 16.4. The van der Waals surface area contributed by atoms with Gasteiger partial charge in [0.2, 0.25) is 35.4 Å². The molecule has 0 aliphatic carbocycles. The third kappa shape index (κ3) is 15.0. The van der Waals surface area contributed by atoms with Gasteiger partial charge < -0.3 is 45.8 Å². The fraction of sp³-hybridized carbons (Fsp3) is 0.763. The third-order valence-corrected chi connectivity index (χ3v) is 9.46. The van der Waals surface area contributed by atoms with Crippen molar-refractivity contribution in [2.75, 3.05) is 41.8 Å². The maximum absolute atomic E-state index is 13.9. The lowest BCUT2D eigenvalue weighted by Crippen LogP contribution is -2.61. The molecule has 16 nitrogen and oxygen atoms in total. The van der Waals surface area contributed by atoms with Gasteiger partial charge in [-0.05, 0) is 58.4 Å². The van der Waals surface area contributed by atoms with Crippen molar-refractivity contribution >= 4 is 41.4 Å². The predicted octanol–water partition coefficient (Wildman–Crippen LogP) is 0.819. The number of carbonyl (C=O) groups excluding carboxylic acids is 7. The van der Waals surface area contributed by atoms with Crippen LogP contribution in [0.15, 0.2) is 12.2 Å². The molecule has 0 aromatic rings. The summed E-state index contributed by atoms with van der Waals surface area (Å²) in [5.41, 5.74) is -1.19. The lowest BCUT2D eigenvalue weighted by atomic mass is 9.92. The van der Waals surface area contributed by atoms with E-state index in [4.69, 9.17) is 4.74 Å². The summed E-state index contributed by atoms with van der Waals surface area (Å²) in [4.78, 5) is 96.5. The van der Waals surface area contributed by atoms with Gasteiger partial charge in [-0.15, -0.1) is 0 Å². The molecule has 0 aromatic heterocycles. The minimum absolute atomic E-state index is 0.119. The summed E-state index contributed by atoms with van der Waals surface area (Å²) in [5.74, 6) is -4.91. The molecule has 7 atom stereocenters. The molecule has 0 fully saturated rings. The van der Waals surface area contributed by atoms with Crippen LogP contribution in [0.4, 0.5) is 0 Å². The van der Waals surface area contributed by atoms with Crippen LogP contribution in [0.25, 0.3) is 0 Å². The fourth-order valence-electron chi connectivity index (χ4n) is 6.13. The average Bonchev–Trinajstić information content (AvgIpc) is 3.08. The molecule has 16 heteroatoms. The van der Waals surface area contributed by atoms with E-state index in [1.165, 1.54) is 40.0 Å². The van der Waals surface area contributed by atoms with E-state index in [9.17, 15) is 38.7 Å². The Morgan fingerprint density at radius 1 is 0.815 bits per heavy atom. The number of likely N-dealkylation sites (N-methyl/N-ethyl adjacent to an activating group) is 5. The van der Waals surface area contributed by atoms with E-state index in [2.05, 4.69) is 21.3 Å². The zero-order valence-corrected chi connectivity index (χ0v) is 35.2. The van der Waals surface area contributed by atoms with Crippen LogP contribution in [0.1, 0.15) is 88.5 Å². The molecule has 6 amide bonds. The Hall–Kier alpha value is -4.05. The number of esters is 1. The number of nitrogens with zero attached hydrogens (tertiary/aromatic N) is 3. The van der Waals surface area contributed by atoms with Crippen molar-refractivity contribution in [3.05, 3.63) is 12.2 Å². The molecule has 0 spiro atoms. The smallest absolute Gasteiger partial charge is 0.303 e. The van der Waals surface area contributed by atoms with Crippen molar-refractivity contribution in [1.29, 1.82) is 0 Å². The Morgan fingerprint density at radius 3 is 1.81 bits per heavy atom. The number of ether oxygens (including phenoxy) is 1. The van der Waals surface area contributed by atoms with Crippen LogP contribution in [0, 0.1) is 17.8 Å². The topological polar surface area (TPSA) is 207 Å². The van der Waals surface area contributed by atoms with Crippen molar-refractivity contribution < 1.29 is 43.4 Å². The van der Waals surface area contributed by atoms with Gasteiger partial charge in [-0.3, -0.25) is 33.6 Å². The van der Waals surface area contributed by atoms with Crippen molar-refractivity contribution in [1.82, 2.24) is 36.0 Å². The first-order valence-electron chi connectivity index (χ1n) is 18.7. The number of allylic oxidation sites excluding steroid dienone is 2. The van der Waals surface area contributed by atoms with Crippen molar-refractivity contribution in [2.45, 2.75) is 130 Å². The maximum Gasteiger partial charge on any atom is 0.303 e. The van der Waals surface area contributed by atoms with Crippen LogP contribution in [0.5, 0.6) is 0 Å². The molecule has 310 valence electrons. The number of carbonyl (C=O) groups is 7. The lowest BCUT2D eigenvalue weighted by Gasteiger charge is -2.37. The molecule has 0 radical (unpaired) electrons. The number of nitrogens with one attached hydrogen (secondary N) is 4. The zero-order valence-electron chi connectivity index (χ0n) is 35.2. The minimum atomic E-state index is -1.34. The van der Waals surface area contributed by atoms with Gasteiger partial charge in [-0.1, -0.05) is 53.7 Å². The number of hydrogen-bond acceptors (Lipinski definition) is 10. The molecule has 0 rings (SSSR count). The fourth-order valence-corrected chi connectivity index (χ4v) is 6.13. The molecular formula is C38H69N7O9. The Morgan fingerprint density at radius 2 is 1.37 bits per heavy atom. The largest absolute Gasteiger partial charge is 0.460 e. The predicted molar refractivity (Wildman–Crippen MR) is 207 cm³/mol. The van der Waals surface area contributed by atoms with Gasteiger partial charge in [0, 0.05) is 41.5 Å². The van der Waals surface area contributed by atoms with Gasteiger partial charge in [-0.2, -0.15) is 0 Å². The van der Waals surface area contributed by atoms with E-state index in [0.717, 1.165) is 9.80 Å². The van der Waals surface area contributed by atoms with Gasteiger partial charge in [0.25, 0.3) is 0 Å². The van der Waals surface area contributed by atoms with Gasteiger partial charge in [0.15, 0.2) is 0 Å². The van der Waals surface area contributed by atoms with Crippen LogP contribution >= 0.6 is 0 Å². The molecule has 5 N–H and O–H groups in total. The summed E-state index contributed by atoms with van der Waals surface area (Å²) < 4.78 is 5.41. The van der Waals surface area contributed by atoms with Gasteiger partial charge in [0.05, 0.1) is 18.7 Å². The van der Waals surface area contributed by atoms with Gasteiger partial charge >= 0.3 is 5.97 Å². The molecule has 54 heavy (non-hydrogen) atoms. The summed E-state index contributed by atoms with van der Waals surface area (Å²) in [7, 11) is 7.28. The first-order chi connectivity index (χ1) is 24.9. The van der Waals surface area contributed by atoms with Gasteiger partial charge in [-0.25, -0.2) is 0 Å². The molecule has 0 heterocycles. The normalized spacial score (nSPS) is 15.7. The highest BCUT2D eigenvalue weighted by Crippen LogP contribution is 2.22. The average molecular weight is 768 g/mol. The number of rotatable bonds is 22. The van der Waals surface area contributed by atoms with E-state index in [0.29, 0.717) is 6.42 Å². The Kier molecular flexibility index (Phi) is 21.3. The summed E-state index contributed by atoms with van der Waals surface area (Å²) in [5, 5.41) is 22.3. The van der Waals surface area contributed by atoms with Crippen LogP contribution in [0.2, 0.25) is 0 Å². The third-order valence-electron chi connectivity index (χ3n) is 9.46. The maximum atomic E-state index is 13.9. The second-order valence-electron chi connectivity index (χ2n) is 15.3. The molecule has 0 aliphatic rings. The van der Waals surface area contributed by atoms with E-state index in [1.807, 2.05) is 32.9 Å². The quantitative estimate of drug-likeness (QED) is 0.0775. The summed E-state index contributed by atoms with van der Waals surface area (Å²) >= 11 is 0. The zero-order chi connectivity index (χ0) is 42.2. The molecule has 0 aromatic carbocycles.